The van der Waals surface area contributed by atoms with Gasteiger partial charge in [-0.2, -0.15) is 5.10 Å². The van der Waals surface area contributed by atoms with E-state index < -0.39 is 0 Å². The zero-order chi connectivity index (χ0) is 12.5. The molecule has 0 aliphatic heterocycles. The average Bonchev–Trinajstić information content (AvgIpc) is 2.36. The Hall–Kier alpha value is -1.84. The minimum Gasteiger partial charge on any atom is -0.494 e. The number of nitrogens with one attached hydrogen (secondary N) is 1. The van der Waals surface area contributed by atoms with Gasteiger partial charge in [0, 0.05) is 11.8 Å². The number of nitrogens with zero attached hydrogens (tertiary/aromatic N) is 1. The highest BCUT2D eigenvalue weighted by molar-refractivity contribution is 5.94. The predicted octanol–water partition coefficient (Wildman–Crippen LogP) is 2.60. The van der Waals surface area contributed by atoms with Crippen molar-refractivity contribution in [1.29, 1.82) is 0 Å². The van der Waals surface area contributed by atoms with E-state index in [2.05, 4.69) is 17.5 Å². The summed E-state index contributed by atoms with van der Waals surface area (Å²) in [5.41, 5.74) is 3.05. The van der Waals surface area contributed by atoms with E-state index in [1.807, 2.05) is 6.92 Å². The number of benzene rings is 1. The molecule has 0 aliphatic rings. The highest BCUT2D eigenvalue weighted by Crippen LogP contribution is 2.11. The van der Waals surface area contributed by atoms with Crippen molar-refractivity contribution in [2.24, 2.45) is 5.10 Å². The molecule has 0 aliphatic carbocycles. The van der Waals surface area contributed by atoms with E-state index in [9.17, 15) is 4.79 Å². The lowest BCUT2D eigenvalue weighted by atomic mass is 10.2. The van der Waals surface area contributed by atoms with Gasteiger partial charge in [-0.05, 0) is 37.6 Å². The fourth-order valence-electron chi connectivity index (χ4n) is 1.23. The zero-order valence-corrected chi connectivity index (χ0v) is 10.3. The first-order valence-electron chi connectivity index (χ1n) is 5.82. The van der Waals surface area contributed by atoms with Crippen molar-refractivity contribution >= 4 is 12.1 Å². The van der Waals surface area contributed by atoms with Crippen LogP contribution in [0.4, 0.5) is 0 Å². The van der Waals surface area contributed by atoms with Gasteiger partial charge < -0.3 is 4.74 Å². The van der Waals surface area contributed by atoms with E-state index >= 15 is 0 Å². The molecule has 1 aromatic rings. The maximum atomic E-state index is 11.6. The number of hydrogen-bond acceptors (Lipinski definition) is 3. The number of amides is 1. The smallest absolute Gasteiger partial charge is 0.271 e. The van der Waals surface area contributed by atoms with Gasteiger partial charge >= 0.3 is 0 Å². The van der Waals surface area contributed by atoms with Gasteiger partial charge in [0.25, 0.3) is 5.91 Å². The minimum atomic E-state index is -0.208. The quantitative estimate of drug-likeness (QED) is 0.607. The first-order valence-corrected chi connectivity index (χ1v) is 5.82. The van der Waals surface area contributed by atoms with Crippen LogP contribution < -0.4 is 10.2 Å². The van der Waals surface area contributed by atoms with E-state index in [4.69, 9.17) is 4.74 Å². The van der Waals surface area contributed by atoms with Crippen LogP contribution in [-0.2, 0) is 0 Å². The molecule has 1 aromatic carbocycles. The molecule has 0 unspecified atom stereocenters. The van der Waals surface area contributed by atoms with E-state index in [0.717, 1.165) is 18.6 Å². The second kappa shape index (κ2) is 7.44. The number of hydrazone groups is 1. The van der Waals surface area contributed by atoms with Crippen LogP contribution in [0, 0.1) is 0 Å². The van der Waals surface area contributed by atoms with Crippen molar-refractivity contribution in [3.63, 3.8) is 0 Å². The number of rotatable bonds is 6. The molecule has 0 bridgehead atoms. The van der Waals surface area contributed by atoms with Crippen molar-refractivity contribution < 1.29 is 9.53 Å². The lowest BCUT2D eigenvalue weighted by Gasteiger charge is -2.03. The van der Waals surface area contributed by atoms with Gasteiger partial charge in [0.1, 0.15) is 5.75 Å². The summed E-state index contributed by atoms with van der Waals surface area (Å²) in [7, 11) is 0. The molecular weight excluding hydrogens is 216 g/mol. The lowest BCUT2D eigenvalue weighted by Crippen LogP contribution is -2.17. The Morgan fingerprint density at radius 2 is 2.06 bits per heavy atom. The Balaban J connectivity index is 2.51. The van der Waals surface area contributed by atoms with Gasteiger partial charge in [0.2, 0.25) is 0 Å². The van der Waals surface area contributed by atoms with Crippen LogP contribution >= 0.6 is 0 Å². The molecule has 1 amide bonds. The normalized spacial score (nSPS) is 10.5. The summed E-state index contributed by atoms with van der Waals surface area (Å²) >= 11 is 0. The second-order valence-corrected chi connectivity index (χ2v) is 3.50. The van der Waals surface area contributed by atoms with E-state index in [1.165, 1.54) is 0 Å². The average molecular weight is 234 g/mol. The van der Waals surface area contributed by atoms with Gasteiger partial charge in [-0.1, -0.05) is 13.3 Å². The Labute approximate surface area is 102 Å². The molecule has 0 heterocycles. The highest BCUT2D eigenvalue weighted by atomic mass is 16.5. The standard InChI is InChI=1S/C13H18N2O2/c1-3-5-10-14-15-13(16)11-6-8-12(9-7-11)17-4-2/h6-10H,3-5H2,1-2H3,(H,15,16)/b14-10+. The van der Waals surface area contributed by atoms with Gasteiger partial charge in [-0.25, -0.2) is 5.43 Å². The molecular formula is C13H18N2O2. The molecule has 0 radical (unpaired) electrons. The molecule has 0 fully saturated rings. The Bertz CT molecular complexity index is 372. The van der Waals surface area contributed by atoms with Crippen LogP contribution in [0.1, 0.15) is 37.0 Å². The van der Waals surface area contributed by atoms with E-state index in [-0.39, 0.29) is 5.91 Å². The Morgan fingerprint density at radius 1 is 1.35 bits per heavy atom. The van der Waals surface area contributed by atoms with Crippen LogP contribution in [0.25, 0.3) is 0 Å². The molecule has 1 N–H and O–H groups in total. The number of ether oxygens (including phenoxy) is 1. The van der Waals surface area contributed by atoms with Crippen LogP contribution in [0.2, 0.25) is 0 Å². The summed E-state index contributed by atoms with van der Waals surface area (Å²) in [6.45, 7) is 4.59. The fourth-order valence-corrected chi connectivity index (χ4v) is 1.23. The Kier molecular flexibility index (Phi) is 5.79. The summed E-state index contributed by atoms with van der Waals surface area (Å²) in [5, 5.41) is 3.84. The maximum Gasteiger partial charge on any atom is 0.271 e. The number of carbonyl (C=O) groups is 1. The van der Waals surface area contributed by atoms with Crippen LogP contribution in [0.5, 0.6) is 5.75 Å². The molecule has 1 rings (SSSR count). The maximum absolute atomic E-state index is 11.6. The third kappa shape index (κ3) is 4.68. The topological polar surface area (TPSA) is 50.7 Å². The largest absolute Gasteiger partial charge is 0.494 e. The fraction of sp³-hybridized carbons (Fsp3) is 0.385. The molecule has 4 heteroatoms. The minimum absolute atomic E-state index is 0.208. The molecule has 0 saturated carbocycles. The van der Waals surface area contributed by atoms with Crippen LogP contribution in [0.3, 0.4) is 0 Å². The van der Waals surface area contributed by atoms with E-state index in [1.54, 1.807) is 30.5 Å². The highest BCUT2D eigenvalue weighted by Gasteiger charge is 2.03. The summed E-state index contributed by atoms with van der Waals surface area (Å²) in [6.07, 6.45) is 3.58. The van der Waals surface area contributed by atoms with Crippen LogP contribution in [0.15, 0.2) is 29.4 Å². The molecule has 0 atom stereocenters. The van der Waals surface area contributed by atoms with E-state index in [0.29, 0.717) is 12.2 Å². The zero-order valence-electron chi connectivity index (χ0n) is 10.3. The van der Waals surface area contributed by atoms with Gasteiger partial charge in [0.15, 0.2) is 0 Å². The second-order valence-electron chi connectivity index (χ2n) is 3.50. The molecule has 92 valence electrons. The molecule has 17 heavy (non-hydrogen) atoms. The Morgan fingerprint density at radius 3 is 2.65 bits per heavy atom. The lowest BCUT2D eigenvalue weighted by molar-refractivity contribution is 0.0955. The predicted molar refractivity (Wildman–Crippen MR) is 68.5 cm³/mol. The summed E-state index contributed by atoms with van der Waals surface area (Å²) in [4.78, 5) is 11.6. The SMILES string of the molecule is CCC/C=N/NC(=O)c1ccc(OCC)cc1. The molecule has 0 aromatic heterocycles. The van der Waals surface area contributed by atoms with Crippen molar-refractivity contribution in [3.05, 3.63) is 29.8 Å². The first-order chi connectivity index (χ1) is 8.27. The molecule has 0 spiro atoms. The number of hydrogen-bond donors (Lipinski definition) is 1. The third-order valence-corrected chi connectivity index (χ3v) is 2.10. The summed E-state index contributed by atoms with van der Waals surface area (Å²) < 4.78 is 5.29. The number of unbranched alkanes of at least 4 members (excludes halogenated alkanes) is 1. The molecule has 4 nitrogen and oxygen atoms in total. The van der Waals surface area contributed by atoms with Gasteiger partial charge in [0.05, 0.1) is 6.61 Å². The first kappa shape index (κ1) is 13.2. The molecule has 0 saturated heterocycles. The van der Waals surface area contributed by atoms with Crippen molar-refractivity contribution in [3.8, 4) is 5.75 Å². The van der Waals surface area contributed by atoms with Crippen molar-refractivity contribution in [2.45, 2.75) is 26.7 Å². The van der Waals surface area contributed by atoms with Crippen molar-refractivity contribution in [2.75, 3.05) is 6.61 Å². The van der Waals surface area contributed by atoms with Crippen LogP contribution in [-0.4, -0.2) is 18.7 Å². The van der Waals surface area contributed by atoms with Gasteiger partial charge in [-0.15, -0.1) is 0 Å². The summed E-state index contributed by atoms with van der Waals surface area (Å²) in [6, 6.07) is 6.98. The van der Waals surface area contributed by atoms with Gasteiger partial charge in [-0.3, -0.25) is 4.79 Å². The number of carbonyl (C=O) groups excluding carboxylic acids is 1. The summed E-state index contributed by atoms with van der Waals surface area (Å²) in [5.74, 6) is 0.555. The van der Waals surface area contributed by atoms with Crippen molar-refractivity contribution in [1.82, 2.24) is 5.43 Å². The monoisotopic (exact) mass is 234 g/mol. The third-order valence-electron chi connectivity index (χ3n) is 2.10.